The van der Waals surface area contributed by atoms with Crippen LogP contribution in [0.3, 0.4) is 0 Å². The second kappa shape index (κ2) is 10.8. The first-order valence-corrected chi connectivity index (χ1v) is 13.0. The summed E-state index contributed by atoms with van der Waals surface area (Å²) in [7, 11) is 0. The molecule has 2 heterocycles. The Labute approximate surface area is 222 Å². The Kier molecular flexibility index (Phi) is 7.29. The van der Waals surface area contributed by atoms with Gasteiger partial charge in [-0.1, -0.05) is 53.3 Å². The lowest BCUT2D eigenvalue weighted by Crippen LogP contribution is -2.40. The fourth-order valence-electron chi connectivity index (χ4n) is 4.17. The number of nitrogens with zero attached hydrogens (tertiary/aromatic N) is 2. The lowest BCUT2D eigenvalue weighted by molar-refractivity contribution is -0.139. The number of aromatic nitrogens is 1. The molecule has 1 saturated carbocycles. The summed E-state index contributed by atoms with van der Waals surface area (Å²) >= 11 is 7.61. The van der Waals surface area contributed by atoms with Crippen molar-refractivity contribution in [1.82, 2.24) is 9.88 Å². The fraction of sp³-hybridized carbons (Fsp3) is 0.308. The van der Waals surface area contributed by atoms with Crippen LogP contribution in [0.2, 0.25) is 5.02 Å². The lowest BCUT2D eigenvalue weighted by atomic mass is 9.97. The van der Waals surface area contributed by atoms with Crippen molar-refractivity contribution in [2.24, 2.45) is 5.92 Å². The van der Waals surface area contributed by atoms with Crippen molar-refractivity contribution in [3.63, 3.8) is 0 Å². The molecule has 1 aliphatic heterocycles. The van der Waals surface area contributed by atoms with Gasteiger partial charge in [-0.05, 0) is 36.6 Å². The predicted molar refractivity (Wildman–Crippen MR) is 137 cm³/mol. The van der Waals surface area contributed by atoms with Gasteiger partial charge in [0.05, 0.1) is 10.6 Å². The van der Waals surface area contributed by atoms with E-state index >= 15 is 0 Å². The van der Waals surface area contributed by atoms with Crippen molar-refractivity contribution < 1.29 is 29.0 Å². The van der Waals surface area contributed by atoms with Gasteiger partial charge < -0.3 is 19.9 Å². The van der Waals surface area contributed by atoms with Gasteiger partial charge in [-0.2, -0.15) is 0 Å². The van der Waals surface area contributed by atoms with E-state index in [4.69, 9.17) is 26.2 Å². The zero-order valence-electron chi connectivity index (χ0n) is 19.7. The first-order valence-electron chi connectivity index (χ1n) is 11.8. The molecule has 11 heteroatoms. The highest BCUT2D eigenvalue weighted by atomic mass is 35.5. The van der Waals surface area contributed by atoms with E-state index in [9.17, 15) is 14.4 Å². The number of benzene rings is 2. The van der Waals surface area contributed by atoms with Gasteiger partial charge in [0.25, 0.3) is 0 Å². The SMILES string of the molecule is O=C(O)COc1ccc(Cl)cc1C1c2sc(NC(=O)C3CC3)nc2CCN1C(=O)OCc1ccccc1. The Morgan fingerprint density at radius 3 is 2.68 bits per heavy atom. The summed E-state index contributed by atoms with van der Waals surface area (Å²) in [6, 6.07) is 13.5. The largest absolute Gasteiger partial charge is 0.482 e. The van der Waals surface area contributed by atoms with Crippen molar-refractivity contribution in [3.8, 4) is 5.75 Å². The molecule has 2 amide bonds. The van der Waals surface area contributed by atoms with E-state index in [1.807, 2.05) is 30.3 Å². The summed E-state index contributed by atoms with van der Waals surface area (Å²) < 4.78 is 11.2. The standard InChI is InChI=1S/C26H24ClN3O6S/c27-17-8-9-20(35-14-21(31)32)18(12-17)22-23-19(28-25(37-23)29-24(33)16-6-7-16)10-11-30(22)26(34)36-13-15-4-2-1-3-5-15/h1-5,8-9,12,16,22H,6-7,10-11,13-14H2,(H,31,32)(H,28,29,33). The molecular formula is C26H24ClN3O6S. The summed E-state index contributed by atoms with van der Waals surface area (Å²) in [4.78, 5) is 43.8. The molecule has 0 saturated heterocycles. The van der Waals surface area contributed by atoms with Crippen LogP contribution < -0.4 is 10.1 Å². The summed E-state index contributed by atoms with van der Waals surface area (Å²) in [5.41, 5.74) is 2.11. The Morgan fingerprint density at radius 2 is 1.95 bits per heavy atom. The Balaban J connectivity index is 1.49. The lowest BCUT2D eigenvalue weighted by Gasteiger charge is -2.35. The highest BCUT2D eigenvalue weighted by Gasteiger charge is 2.38. The van der Waals surface area contributed by atoms with Gasteiger partial charge >= 0.3 is 12.1 Å². The van der Waals surface area contributed by atoms with E-state index in [1.54, 1.807) is 23.1 Å². The van der Waals surface area contributed by atoms with Gasteiger partial charge in [-0.3, -0.25) is 9.69 Å². The highest BCUT2D eigenvalue weighted by molar-refractivity contribution is 7.16. The third-order valence-electron chi connectivity index (χ3n) is 6.11. The van der Waals surface area contributed by atoms with Crippen LogP contribution in [0.5, 0.6) is 5.75 Å². The van der Waals surface area contributed by atoms with Crippen LogP contribution in [0.1, 0.15) is 40.6 Å². The number of fused-ring (bicyclic) bond motifs is 1. The topological polar surface area (TPSA) is 118 Å². The zero-order chi connectivity index (χ0) is 25.9. The number of ether oxygens (including phenoxy) is 2. The van der Waals surface area contributed by atoms with Crippen LogP contribution in [0.25, 0.3) is 0 Å². The molecular weight excluding hydrogens is 518 g/mol. The van der Waals surface area contributed by atoms with Crippen molar-refractivity contribution in [2.75, 3.05) is 18.5 Å². The molecule has 37 heavy (non-hydrogen) atoms. The first kappa shape index (κ1) is 25.0. The average molecular weight is 542 g/mol. The number of hydrogen-bond acceptors (Lipinski definition) is 7. The number of carboxylic acid groups (broad SMARTS) is 1. The molecule has 2 N–H and O–H groups in total. The molecule has 1 aromatic heterocycles. The number of aliphatic carboxylic acids is 1. The molecule has 2 aliphatic rings. The van der Waals surface area contributed by atoms with Gasteiger partial charge in [0.2, 0.25) is 5.91 Å². The van der Waals surface area contributed by atoms with E-state index in [-0.39, 0.29) is 24.2 Å². The second-order valence-electron chi connectivity index (χ2n) is 8.84. The van der Waals surface area contributed by atoms with Crippen molar-refractivity contribution in [1.29, 1.82) is 0 Å². The number of anilines is 1. The number of amides is 2. The smallest absolute Gasteiger partial charge is 0.410 e. The van der Waals surface area contributed by atoms with E-state index < -0.39 is 24.7 Å². The van der Waals surface area contributed by atoms with E-state index in [1.165, 1.54) is 11.3 Å². The molecule has 1 fully saturated rings. The first-order chi connectivity index (χ1) is 17.9. The minimum absolute atomic E-state index is 0.0186. The number of carbonyl (C=O) groups is 3. The monoisotopic (exact) mass is 541 g/mol. The maximum Gasteiger partial charge on any atom is 0.410 e. The molecule has 1 unspecified atom stereocenters. The molecule has 0 spiro atoms. The number of thiazole rings is 1. The highest BCUT2D eigenvalue weighted by Crippen LogP contribution is 2.44. The second-order valence-corrected chi connectivity index (χ2v) is 10.3. The van der Waals surface area contributed by atoms with Gasteiger partial charge in [-0.25, -0.2) is 14.6 Å². The van der Waals surface area contributed by atoms with Crippen LogP contribution >= 0.6 is 22.9 Å². The summed E-state index contributed by atoms with van der Waals surface area (Å²) in [6.07, 6.45) is 1.66. The predicted octanol–water partition coefficient (Wildman–Crippen LogP) is 4.89. The molecule has 1 atom stereocenters. The quantitative estimate of drug-likeness (QED) is 0.416. The van der Waals surface area contributed by atoms with E-state index in [0.717, 1.165) is 29.0 Å². The van der Waals surface area contributed by atoms with Crippen LogP contribution in [0, 0.1) is 5.92 Å². The summed E-state index contributed by atoms with van der Waals surface area (Å²) in [6.45, 7) is -0.160. The summed E-state index contributed by atoms with van der Waals surface area (Å²) in [5, 5.41) is 12.9. The number of hydrogen-bond donors (Lipinski definition) is 2. The van der Waals surface area contributed by atoms with Crippen molar-refractivity contribution in [2.45, 2.75) is 31.9 Å². The minimum atomic E-state index is -1.13. The van der Waals surface area contributed by atoms with Gasteiger partial charge in [0.15, 0.2) is 11.7 Å². The molecule has 3 aromatic rings. The maximum atomic E-state index is 13.4. The van der Waals surface area contributed by atoms with Crippen molar-refractivity contribution >= 4 is 46.0 Å². The minimum Gasteiger partial charge on any atom is -0.482 e. The van der Waals surface area contributed by atoms with E-state index in [2.05, 4.69) is 10.3 Å². The van der Waals surface area contributed by atoms with Crippen LogP contribution in [-0.2, 0) is 27.4 Å². The van der Waals surface area contributed by atoms with Crippen LogP contribution in [-0.4, -0.2) is 46.1 Å². The normalized spacial score (nSPS) is 16.6. The fourth-order valence-corrected chi connectivity index (χ4v) is 5.50. The Hall–Kier alpha value is -3.63. The van der Waals surface area contributed by atoms with Gasteiger partial charge in [-0.15, -0.1) is 0 Å². The molecule has 5 rings (SSSR count). The number of carboxylic acids is 1. The van der Waals surface area contributed by atoms with Crippen molar-refractivity contribution in [3.05, 3.63) is 75.3 Å². The van der Waals surface area contributed by atoms with Crippen LogP contribution in [0.15, 0.2) is 48.5 Å². The molecule has 192 valence electrons. The number of nitrogens with one attached hydrogen (secondary N) is 1. The third kappa shape index (κ3) is 5.86. The summed E-state index contributed by atoms with van der Waals surface area (Å²) in [5.74, 6) is -0.894. The zero-order valence-corrected chi connectivity index (χ0v) is 21.3. The molecule has 1 aliphatic carbocycles. The number of rotatable bonds is 8. The molecule has 9 nitrogen and oxygen atoms in total. The maximum absolute atomic E-state index is 13.4. The number of carbonyl (C=O) groups excluding carboxylic acids is 2. The molecule has 0 radical (unpaired) electrons. The Bertz CT molecular complexity index is 1330. The number of halogens is 1. The molecule has 0 bridgehead atoms. The van der Waals surface area contributed by atoms with Crippen LogP contribution in [0.4, 0.5) is 9.93 Å². The third-order valence-corrected chi connectivity index (χ3v) is 7.41. The van der Waals surface area contributed by atoms with Gasteiger partial charge in [0.1, 0.15) is 18.4 Å². The Morgan fingerprint density at radius 1 is 1.16 bits per heavy atom. The average Bonchev–Trinajstić information content (AvgIpc) is 3.66. The van der Waals surface area contributed by atoms with E-state index in [0.29, 0.717) is 28.7 Å². The molecule has 2 aromatic carbocycles. The van der Waals surface area contributed by atoms with Gasteiger partial charge in [0, 0.05) is 29.5 Å².